The van der Waals surface area contributed by atoms with Crippen molar-refractivity contribution in [3.05, 3.63) is 40.9 Å². The molecule has 1 aliphatic rings. The number of anilines is 1. The van der Waals surface area contributed by atoms with Crippen molar-refractivity contribution in [2.75, 3.05) is 5.73 Å². The molecule has 0 amide bonds. The molecule has 0 saturated carbocycles. The maximum absolute atomic E-state index is 12.3. The molecular weight excluding hydrogens is 302 g/mol. The van der Waals surface area contributed by atoms with E-state index in [0.717, 1.165) is 15.6 Å². The molecule has 1 heterocycles. The maximum atomic E-state index is 12.3. The first-order chi connectivity index (χ1) is 8.00. The molecule has 3 nitrogen and oxygen atoms in total. The molecule has 0 fully saturated rings. The number of benzene rings is 2. The van der Waals surface area contributed by atoms with Crippen molar-refractivity contribution in [2.45, 2.75) is 9.79 Å². The summed E-state index contributed by atoms with van der Waals surface area (Å²) in [6, 6.07) is 10.2. The molecule has 0 saturated heterocycles. The lowest BCUT2D eigenvalue weighted by Gasteiger charge is -1.99. The van der Waals surface area contributed by atoms with Crippen molar-refractivity contribution in [1.82, 2.24) is 0 Å². The van der Waals surface area contributed by atoms with E-state index in [1.54, 1.807) is 24.3 Å². The summed E-state index contributed by atoms with van der Waals surface area (Å²) in [5.41, 5.74) is 7.56. The third-order valence-electron chi connectivity index (χ3n) is 2.82. The molecule has 17 heavy (non-hydrogen) atoms. The molecule has 2 aromatic rings. The Labute approximate surface area is 107 Å². The Morgan fingerprint density at radius 3 is 2.24 bits per heavy atom. The highest BCUT2D eigenvalue weighted by atomic mass is 79.9. The van der Waals surface area contributed by atoms with E-state index in [-0.39, 0.29) is 0 Å². The number of nitrogen functional groups attached to an aromatic ring is 1. The number of fused-ring (bicyclic) bond motifs is 3. The zero-order valence-corrected chi connectivity index (χ0v) is 11.0. The summed E-state index contributed by atoms with van der Waals surface area (Å²) in [7, 11) is -3.42. The second-order valence-electron chi connectivity index (χ2n) is 3.90. The first kappa shape index (κ1) is 10.8. The topological polar surface area (TPSA) is 60.2 Å². The van der Waals surface area contributed by atoms with Crippen LogP contribution in [0.1, 0.15) is 0 Å². The van der Waals surface area contributed by atoms with Gasteiger partial charge in [-0.15, -0.1) is 0 Å². The molecular formula is C12H8BrNO2S. The summed E-state index contributed by atoms with van der Waals surface area (Å²) in [6.07, 6.45) is 0. The third-order valence-corrected chi connectivity index (χ3v) is 5.15. The number of nitrogens with two attached hydrogens (primary N) is 1. The van der Waals surface area contributed by atoms with Gasteiger partial charge in [-0.1, -0.05) is 28.1 Å². The van der Waals surface area contributed by atoms with E-state index in [9.17, 15) is 8.42 Å². The SMILES string of the molecule is Nc1ccc2c(c1)S(=O)(=O)c1cc(Br)ccc1-2. The minimum Gasteiger partial charge on any atom is -0.399 e. The van der Waals surface area contributed by atoms with Crippen LogP contribution in [0.3, 0.4) is 0 Å². The fourth-order valence-corrected chi connectivity index (χ4v) is 4.30. The zero-order chi connectivity index (χ0) is 12.2. The van der Waals surface area contributed by atoms with Crippen molar-refractivity contribution in [3.8, 4) is 11.1 Å². The Morgan fingerprint density at radius 2 is 1.53 bits per heavy atom. The molecule has 0 aromatic heterocycles. The number of hydrogen-bond acceptors (Lipinski definition) is 3. The fourth-order valence-electron chi connectivity index (χ4n) is 2.04. The average molecular weight is 310 g/mol. The van der Waals surface area contributed by atoms with Crippen LogP contribution < -0.4 is 5.73 Å². The summed E-state index contributed by atoms with van der Waals surface area (Å²) in [4.78, 5) is 0.637. The highest BCUT2D eigenvalue weighted by Gasteiger charge is 2.32. The first-order valence-electron chi connectivity index (χ1n) is 4.95. The van der Waals surface area contributed by atoms with E-state index in [1.165, 1.54) is 6.07 Å². The lowest BCUT2D eigenvalue weighted by atomic mass is 10.1. The van der Waals surface area contributed by atoms with E-state index >= 15 is 0 Å². The molecule has 0 bridgehead atoms. The van der Waals surface area contributed by atoms with Crippen LogP contribution in [0.15, 0.2) is 50.7 Å². The molecule has 86 valence electrons. The Kier molecular flexibility index (Phi) is 2.12. The van der Waals surface area contributed by atoms with E-state index in [2.05, 4.69) is 15.9 Å². The summed E-state index contributed by atoms with van der Waals surface area (Å²) in [5, 5.41) is 0. The van der Waals surface area contributed by atoms with Crippen LogP contribution >= 0.6 is 15.9 Å². The van der Waals surface area contributed by atoms with Crippen molar-refractivity contribution in [1.29, 1.82) is 0 Å². The maximum Gasteiger partial charge on any atom is 0.207 e. The lowest BCUT2D eigenvalue weighted by Crippen LogP contribution is -1.97. The zero-order valence-electron chi connectivity index (χ0n) is 8.64. The predicted molar refractivity (Wildman–Crippen MR) is 69.4 cm³/mol. The lowest BCUT2D eigenvalue weighted by molar-refractivity contribution is 0.598. The number of halogens is 1. The van der Waals surface area contributed by atoms with Gasteiger partial charge in [0.2, 0.25) is 9.84 Å². The average Bonchev–Trinajstić information content (AvgIpc) is 2.49. The van der Waals surface area contributed by atoms with Gasteiger partial charge in [-0.3, -0.25) is 0 Å². The fraction of sp³-hybridized carbons (Fsp3) is 0. The molecule has 1 aliphatic heterocycles. The second-order valence-corrected chi connectivity index (χ2v) is 6.70. The van der Waals surface area contributed by atoms with Crippen LogP contribution in [0.2, 0.25) is 0 Å². The third kappa shape index (κ3) is 1.42. The Balaban J connectivity index is 2.46. The molecule has 0 spiro atoms. The van der Waals surface area contributed by atoms with Crippen molar-refractivity contribution >= 4 is 31.5 Å². The smallest absolute Gasteiger partial charge is 0.207 e. The van der Waals surface area contributed by atoms with Crippen molar-refractivity contribution < 1.29 is 8.42 Å². The van der Waals surface area contributed by atoms with Gasteiger partial charge in [-0.05, 0) is 24.3 Å². The van der Waals surface area contributed by atoms with Crippen LogP contribution in [0, 0.1) is 0 Å². The number of rotatable bonds is 0. The van der Waals surface area contributed by atoms with E-state index in [1.807, 2.05) is 6.07 Å². The van der Waals surface area contributed by atoms with Gasteiger partial charge in [0.15, 0.2) is 0 Å². The molecule has 2 N–H and O–H groups in total. The van der Waals surface area contributed by atoms with E-state index < -0.39 is 9.84 Å². The molecule has 2 aromatic carbocycles. The summed E-state index contributed by atoms with van der Waals surface area (Å²) < 4.78 is 25.4. The standard InChI is InChI=1S/C12H8BrNO2S/c13-7-1-3-9-10-4-2-8(14)6-12(10)17(15,16)11(9)5-7/h1-6H,14H2. The summed E-state index contributed by atoms with van der Waals surface area (Å²) in [5.74, 6) is 0. The predicted octanol–water partition coefficient (Wildman–Crippen LogP) is 2.84. The van der Waals surface area contributed by atoms with Crippen molar-refractivity contribution in [3.63, 3.8) is 0 Å². The monoisotopic (exact) mass is 309 g/mol. The first-order valence-corrected chi connectivity index (χ1v) is 7.22. The van der Waals surface area contributed by atoms with E-state index in [4.69, 9.17) is 5.73 Å². The molecule has 0 radical (unpaired) electrons. The van der Waals surface area contributed by atoms with Gasteiger partial charge in [-0.25, -0.2) is 8.42 Å². The molecule has 3 rings (SSSR count). The largest absolute Gasteiger partial charge is 0.399 e. The Hall–Kier alpha value is -1.33. The van der Waals surface area contributed by atoms with Crippen LogP contribution in [0.4, 0.5) is 5.69 Å². The number of hydrogen-bond donors (Lipinski definition) is 1. The van der Waals surface area contributed by atoms with Crippen LogP contribution in [-0.4, -0.2) is 8.42 Å². The molecule has 5 heteroatoms. The highest BCUT2D eigenvalue weighted by molar-refractivity contribution is 9.10. The van der Waals surface area contributed by atoms with Gasteiger partial charge in [0.25, 0.3) is 0 Å². The summed E-state index contributed by atoms with van der Waals surface area (Å²) in [6.45, 7) is 0. The van der Waals surface area contributed by atoms with Gasteiger partial charge < -0.3 is 5.73 Å². The molecule has 0 aliphatic carbocycles. The Bertz CT molecular complexity index is 681. The van der Waals surface area contributed by atoms with Gasteiger partial charge >= 0.3 is 0 Å². The number of sulfone groups is 1. The minimum atomic E-state index is -3.42. The normalized spacial score (nSPS) is 15.4. The van der Waals surface area contributed by atoms with Crippen molar-refractivity contribution in [2.24, 2.45) is 0 Å². The van der Waals surface area contributed by atoms with Gasteiger partial charge in [0.1, 0.15) is 0 Å². The van der Waals surface area contributed by atoms with E-state index in [0.29, 0.717) is 15.5 Å². The quantitative estimate of drug-likeness (QED) is 0.650. The highest BCUT2D eigenvalue weighted by Crippen LogP contribution is 2.44. The van der Waals surface area contributed by atoms with Crippen LogP contribution in [-0.2, 0) is 9.84 Å². The Morgan fingerprint density at radius 1 is 0.941 bits per heavy atom. The van der Waals surface area contributed by atoms with Crippen LogP contribution in [0.5, 0.6) is 0 Å². The molecule has 0 atom stereocenters. The minimum absolute atomic E-state index is 0.297. The second kappa shape index (κ2) is 3.34. The van der Waals surface area contributed by atoms with Crippen LogP contribution in [0.25, 0.3) is 11.1 Å². The molecule has 0 unspecified atom stereocenters. The van der Waals surface area contributed by atoms with Gasteiger partial charge in [0.05, 0.1) is 9.79 Å². The van der Waals surface area contributed by atoms with Gasteiger partial charge in [-0.2, -0.15) is 0 Å². The summed E-state index contributed by atoms with van der Waals surface area (Å²) >= 11 is 3.29. The van der Waals surface area contributed by atoms with Gasteiger partial charge in [0, 0.05) is 21.3 Å².